The minimum Gasteiger partial charge on any atom is -0.339 e. The van der Waals surface area contributed by atoms with E-state index in [4.69, 9.17) is 15.6 Å². The van der Waals surface area contributed by atoms with E-state index < -0.39 is 17.7 Å². The van der Waals surface area contributed by atoms with Gasteiger partial charge in [-0.25, -0.2) is 21.2 Å². The number of hydrogen-bond donors (Lipinski definition) is 6. The molecule has 3 fully saturated rings. The molecule has 0 saturated carbocycles. The van der Waals surface area contributed by atoms with Crippen molar-refractivity contribution in [2.75, 3.05) is 60.5 Å². The van der Waals surface area contributed by atoms with E-state index in [2.05, 4.69) is 48.9 Å². The highest BCUT2D eigenvalue weighted by Gasteiger charge is 2.43. The highest BCUT2D eigenvalue weighted by molar-refractivity contribution is 5.99. The lowest BCUT2D eigenvalue weighted by atomic mass is 9.89. The van der Waals surface area contributed by atoms with E-state index in [1.807, 2.05) is 108 Å². The van der Waals surface area contributed by atoms with Crippen LogP contribution in [-0.2, 0) is 53.7 Å². The molecule has 4 atom stereocenters. The van der Waals surface area contributed by atoms with Gasteiger partial charge >= 0.3 is 6.03 Å². The first-order valence-electron chi connectivity index (χ1n) is 29.5. The Kier molecular flexibility index (Phi) is 15.3. The number of likely N-dealkylation sites (N-methyl/N-ethyl adjacent to an activating group) is 3. The summed E-state index contributed by atoms with van der Waals surface area (Å²) >= 11 is 0. The Labute approximate surface area is 511 Å². The van der Waals surface area contributed by atoms with Crippen LogP contribution in [0.25, 0.3) is 32.7 Å². The third-order valence-corrected chi connectivity index (χ3v) is 18.4. The van der Waals surface area contributed by atoms with Crippen LogP contribution in [0.15, 0.2) is 146 Å². The lowest BCUT2D eigenvalue weighted by Crippen LogP contribution is -2.53. The molecule has 8 amide bonds. The van der Waals surface area contributed by atoms with Gasteiger partial charge in [0, 0.05) is 146 Å². The fourth-order valence-corrected chi connectivity index (χ4v) is 14.2. The van der Waals surface area contributed by atoms with Gasteiger partial charge in [0.1, 0.15) is 0 Å². The van der Waals surface area contributed by atoms with E-state index in [0.29, 0.717) is 68.5 Å². The molecular weight excluding hydrogens is 1130 g/mol. The smallest absolute Gasteiger partial charge is 0.320 e. The number of hydrogen-bond acceptors (Lipinski definition) is 11. The third kappa shape index (κ3) is 10.5. The minimum atomic E-state index is -0.562. The van der Waals surface area contributed by atoms with Crippen molar-refractivity contribution in [3.05, 3.63) is 213 Å². The van der Waals surface area contributed by atoms with Crippen molar-refractivity contribution in [1.82, 2.24) is 59.5 Å². The zero-order chi connectivity index (χ0) is 61.9. The lowest BCUT2D eigenvalue weighted by Gasteiger charge is -2.42. The molecule has 15 rings (SSSR count). The second-order valence-electron chi connectivity index (χ2n) is 23.8. The van der Waals surface area contributed by atoms with Crippen molar-refractivity contribution in [3.63, 3.8) is 0 Å². The number of benzene rings is 6. The Hall–Kier alpha value is -10.1. The fraction of sp³-hybridized carbons (Fsp3) is 0.269. The van der Waals surface area contributed by atoms with Crippen LogP contribution in [0.1, 0.15) is 99.3 Å². The molecule has 22 nitrogen and oxygen atoms in total. The van der Waals surface area contributed by atoms with Crippen molar-refractivity contribution in [1.29, 1.82) is 0 Å². The van der Waals surface area contributed by atoms with Crippen molar-refractivity contribution < 1.29 is 49.2 Å². The van der Waals surface area contributed by atoms with E-state index in [1.54, 1.807) is 64.8 Å². The molecule has 6 bridgehead atoms. The van der Waals surface area contributed by atoms with E-state index in [0.717, 1.165) is 81.5 Å². The average Bonchev–Trinajstić information content (AvgIpc) is 1.70. The zero-order valence-corrected chi connectivity index (χ0v) is 49.3. The van der Waals surface area contributed by atoms with Crippen LogP contribution in [-0.4, -0.2) is 161 Å². The predicted molar refractivity (Wildman–Crippen MR) is 328 cm³/mol. The summed E-state index contributed by atoms with van der Waals surface area (Å²) in [6, 6.07) is 46.2. The van der Waals surface area contributed by atoms with Gasteiger partial charge in [-0.1, -0.05) is 91.0 Å². The molecule has 0 aliphatic carbocycles. The number of carbonyl (C=O) groups excluding carboxylic acids is 7. The molecule has 454 valence electrons. The maximum absolute atomic E-state index is 13.1. The molecule has 4 unspecified atom stereocenters. The van der Waals surface area contributed by atoms with Crippen LogP contribution >= 0.6 is 0 Å². The summed E-state index contributed by atoms with van der Waals surface area (Å²) in [7, 11) is 5.43. The Morgan fingerprint density at radius 2 is 0.820 bits per heavy atom. The number of aromatic nitrogens is 3. The molecule has 89 heavy (non-hydrogen) atoms. The van der Waals surface area contributed by atoms with Crippen LogP contribution < -0.4 is 16.4 Å². The lowest BCUT2D eigenvalue weighted by molar-refractivity contribution is -0.139. The van der Waals surface area contributed by atoms with Crippen molar-refractivity contribution in [2.45, 2.75) is 57.0 Å². The van der Waals surface area contributed by atoms with Gasteiger partial charge in [-0.3, -0.25) is 49.3 Å². The SMILES string of the molecule is CN1CC(=O)N2Cc3c(c4ccccc4n3Cc3ccc(C(=O)NO)cc3)C(C2)C1=O.CN1CC2CN(Cc3c2c2ccccc2n3Cc2ccc(C(=O)NO)cc2)C1=O.CN1CN2Cc3c(c4ccccc4n3Cc3ccc(C(=O)NO)cc3)C(C2)C1=O. The van der Waals surface area contributed by atoms with E-state index >= 15 is 0 Å². The van der Waals surface area contributed by atoms with Crippen LogP contribution in [0.2, 0.25) is 0 Å². The molecule has 6 aliphatic heterocycles. The molecule has 6 N–H and O–H groups in total. The normalized spacial score (nSPS) is 19.0. The zero-order valence-electron chi connectivity index (χ0n) is 49.3. The molecule has 3 saturated heterocycles. The number of amides is 8. The number of nitrogens with zero attached hydrogens (tertiary/aromatic N) is 9. The number of nitrogens with one attached hydrogen (secondary N) is 3. The van der Waals surface area contributed by atoms with Crippen LogP contribution in [0.5, 0.6) is 0 Å². The monoisotopic (exact) mass is 1200 g/mol. The van der Waals surface area contributed by atoms with E-state index in [1.165, 1.54) is 32.8 Å². The van der Waals surface area contributed by atoms with Gasteiger partial charge in [-0.05, 0) is 88.0 Å². The van der Waals surface area contributed by atoms with Gasteiger partial charge < -0.3 is 38.2 Å². The van der Waals surface area contributed by atoms with Gasteiger partial charge in [0.25, 0.3) is 17.7 Å². The number of para-hydroxylation sites is 3. The van der Waals surface area contributed by atoms with Crippen molar-refractivity contribution >= 4 is 74.2 Å². The molecule has 9 heterocycles. The quantitative estimate of drug-likeness (QED) is 0.0662. The maximum Gasteiger partial charge on any atom is 0.320 e. The number of hydroxylamine groups is 3. The maximum atomic E-state index is 13.1. The Morgan fingerprint density at radius 1 is 0.427 bits per heavy atom. The summed E-state index contributed by atoms with van der Waals surface area (Å²) in [4.78, 5) is 97.1. The van der Waals surface area contributed by atoms with Gasteiger partial charge in [0.05, 0.1) is 38.1 Å². The van der Waals surface area contributed by atoms with Gasteiger partial charge in [0.15, 0.2) is 0 Å². The van der Waals surface area contributed by atoms with Gasteiger partial charge in [0.2, 0.25) is 17.7 Å². The van der Waals surface area contributed by atoms with E-state index in [9.17, 15) is 33.6 Å². The molecule has 0 spiro atoms. The molecule has 3 aromatic heterocycles. The van der Waals surface area contributed by atoms with Crippen molar-refractivity contribution in [2.24, 2.45) is 0 Å². The summed E-state index contributed by atoms with van der Waals surface area (Å²) in [5.41, 5.74) is 19.4. The first-order chi connectivity index (χ1) is 43.1. The first-order valence-corrected chi connectivity index (χ1v) is 29.5. The minimum absolute atomic E-state index is 0.0286. The predicted octanol–water partition coefficient (Wildman–Crippen LogP) is 6.62. The van der Waals surface area contributed by atoms with Crippen LogP contribution in [0.4, 0.5) is 4.79 Å². The van der Waals surface area contributed by atoms with Crippen LogP contribution in [0, 0.1) is 0 Å². The van der Waals surface area contributed by atoms with Crippen molar-refractivity contribution in [3.8, 4) is 0 Å². The Balaban J connectivity index is 0.000000123. The fourth-order valence-electron chi connectivity index (χ4n) is 14.2. The molecular formula is C67H66N12O10. The summed E-state index contributed by atoms with van der Waals surface area (Å²) in [6.07, 6.45) is 0. The number of rotatable bonds is 9. The Morgan fingerprint density at radius 3 is 1.28 bits per heavy atom. The Bertz CT molecular complexity index is 4320. The highest BCUT2D eigenvalue weighted by atomic mass is 16.5. The summed E-state index contributed by atoms with van der Waals surface area (Å²) in [6.45, 7) is 7.18. The molecule has 22 heteroatoms. The largest absolute Gasteiger partial charge is 0.339 e. The number of carbonyl (C=O) groups is 7. The third-order valence-electron chi connectivity index (χ3n) is 18.4. The first kappa shape index (κ1) is 57.9. The van der Waals surface area contributed by atoms with E-state index in [-0.39, 0.29) is 42.1 Å². The average molecular weight is 1200 g/mol. The number of fused-ring (bicyclic) bond motifs is 18. The summed E-state index contributed by atoms with van der Waals surface area (Å²) < 4.78 is 6.75. The second kappa shape index (κ2) is 23.5. The molecule has 9 aromatic rings. The summed E-state index contributed by atoms with van der Waals surface area (Å²) in [5, 5.41) is 29.8. The van der Waals surface area contributed by atoms with Gasteiger partial charge in [-0.15, -0.1) is 0 Å². The summed E-state index contributed by atoms with van der Waals surface area (Å²) in [5.74, 6) is -1.69. The molecule has 6 aromatic carbocycles. The molecule has 6 aliphatic rings. The topological polar surface area (TPSA) is 250 Å². The number of urea groups is 1. The molecule has 0 radical (unpaired) electrons. The highest BCUT2D eigenvalue weighted by Crippen LogP contribution is 2.43. The standard InChI is InChI=1S/C23H22N4O4.2C22H22N4O3/c1-25-13-20(28)26-11-17(23(25)30)21-16-4-2-3-5-18(16)27(19(21)12-26)10-14-6-8-15(9-7-14)22(29)24-31;1-24-11-16-12-25(22(24)28)13-19-20(16)17-4-2-3-5-18(17)26(19)10-14-6-8-15(9-7-14)21(27)23-29;1-24-13-25-11-17(22(24)28)20-16-4-2-3-5-18(16)26(19(20)12-25)10-14-6-8-15(9-7-14)21(27)23-29/h2-9,17,31H,10-13H2,1H3,(H,24,29);2-9,16,29H,10-13H2,1H3,(H,23,27);2-9,17,29H,10-13H2,1H3,(H,23,27). The van der Waals surface area contributed by atoms with Crippen LogP contribution in [0.3, 0.4) is 0 Å². The van der Waals surface area contributed by atoms with Gasteiger partial charge in [-0.2, -0.15) is 0 Å². The second-order valence-corrected chi connectivity index (χ2v) is 23.8.